The molecule has 1 saturated heterocycles. The van der Waals surface area contributed by atoms with Crippen LogP contribution < -0.4 is 5.32 Å². The molecule has 0 radical (unpaired) electrons. The molecular formula is C12H21N3. The highest BCUT2D eigenvalue weighted by Gasteiger charge is 2.27. The molecule has 0 saturated carbocycles. The quantitative estimate of drug-likeness (QED) is 0.781. The molecule has 1 aromatic rings. The lowest BCUT2D eigenvalue weighted by atomic mass is 9.94. The minimum atomic E-state index is 0.268. The van der Waals surface area contributed by atoms with Crippen LogP contribution in [0.4, 0.5) is 0 Å². The van der Waals surface area contributed by atoms with Crippen molar-refractivity contribution in [1.82, 2.24) is 15.2 Å². The molecule has 84 valence electrons. The molecule has 3 heteroatoms. The van der Waals surface area contributed by atoms with Gasteiger partial charge in [0.15, 0.2) is 0 Å². The summed E-state index contributed by atoms with van der Waals surface area (Å²) in [5.41, 5.74) is 1.67. The summed E-state index contributed by atoms with van der Waals surface area (Å²) in [5.74, 6) is 0. The second-order valence-corrected chi connectivity index (χ2v) is 4.95. The van der Waals surface area contributed by atoms with Gasteiger partial charge in [0, 0.05) is 44.1 Å². The molecule has 0 aliphatic carbocycles. The fourth-order valence-electron chi connectivity index (χ4n) is 2.35. The van der Waals surface area contributed by atoms with E-state index in [4.69, 9.17) is 0 Å². The van der Waals surface area contributed by atoms with Crippen molar-refractivity contribution in [3.8, 4) is 0 Å². The topological polar surface area (TPSA) is 31.1 Å². The van der Waals surface area contributed by atoms with Gasteiger partial charge in [-0.15, -0.1) is 0 Å². The van der Waals surface area contributed by atoms with Gasteiger partial charge < -0.3 is 10.3 Å². The Kier molecular flexibility index (Phi) is 3.12. The van der Waals surface area contributed by atoms with E-state index in [0.717, 1.165) is 32.6 Å². The van der Waals surface area contributed by atoms with Crippen LogP contribution in [0.3, 0.4) is 0 Å². The second kappa shape index (κ2) is 4.37. The smallest absolute Gasteiger partial charge is 0.0195 e. The normalized spacial score (nSPS) is 19.3. The van der Waals surface area contributed by atoms with Crippen LogP contribution in [0.2, 0.25) is 0 Å². The molecule has 1 fully saturated rings. The van der Waals surface area contributed by atoms with Crippen molar-refractivity contribution < 1.29 is 0 Å². The standard InChI is InChI=1S/C12H21N3/c1-12(2,9-11-3-4-14-10-11)15-7-5-13-6-8-15/h3-4,10,13-14H,5-9H2,1-2H3. The lowest BCUT2D eigenvalue weighted by Crippen LogP contribution is -2.54. The summed E-state index contributed by atoms with van der Waals surface area (Å²) in [7, 11) is 0. The van der Waals surface area contributed by atoms with Crippen LogP contribution in [0.15, 0.2) is 18.5 Å². The molecule has 0 amide bonds. The number of nitrogens with one attached hydrogen (secondary N) is 2. The van der Waals surface area contributed by atoms with Gasteiger partial charge in [-0.3, -0.25) is 4.90 Å². The Labute approximate surface area is 91.9 Å². The van der Waals surface area contributed by atoms with Crippen LogP contribution in [0.5, 0.6) is 0 Å². The summed E-state index contributed by atoms with van der Waals surface area (Å²) in [6.07, 6.45) is 5.23. The van der Waals surface area contributed by atoms with E-state index in [1.54, 1.807) is 0 Å². The number of H-pyrrole nitrogens is 1. The highest BCUT2D eigenvalue weighted by molar-refractivity contribution is 5.12. The molecule has 0 spiro atoms. The minimum Gasteiger partial charge on any atom is -0.367 e. The summed E-state index contributed by atoms with van der Waals surface area (Å²) in [5, 5.41) is 3.40. The molecule has 2 heterocycles. The number of piperazine rings is 1. The third-order valence-electron chi connectivity index (χ3n) is 3.27. The first-order chi connectivity index (χ1) is 7.18. The Hall–Kier alpha value is -0.800. The lowest BCUT2D eigenvalue weighted by Gasteiger charge is -2.41. The third kappa shape index (κ3) is 2.61. The van der Waals surface area contributed by atoms with E-state index in [1.165, 1.54) is 5.56 Å². The third-order valence-corrected chi connectivity index (χ3v) is 3.27. The maximum atomic E-state index is 3.40. The van der Waals surface area contributed by atoms with Crippen molar-refractivity contribution in [3.05, 3.63) is 24.0 Å². The molecule has 1 aliphatic rings. The maximum absolute atomic E-state index is 3.40. The molecule has 2 N–H and O–H groups in total. The van der Waals surface area contributed by atoms with Gasteiger partial charge >= 0.3 is 0 Å². The summed E-state index contributed by atoms with van der Waals surface area (Å²) < 4.78 is 0. The second-order valence-electron chi connectivity index (χ2n) is 4.95. The monoisotopic (exact) mass is 207 g/mol. The van der Waals surface area contributed by atoms with Crippen LogP contribution in [0, 0.1) is 0 Å². The zero-order valence-electron chi connectivity index (χ0n) is 9.71. The average molecular weight is 207 g/mol. The Balaban J connectivity index is 1.98. The number of aromatic amines is 1. The first-order valence-corrected chi connectivity index (χ1v) is 5.76. The van der Waals surface area contributed by atoms with Crippen molar-refractivity contribution in [2.45, 2.75) is 25.8 Å². The van der Waals surface area contributed by atoms with Crippen molar-refractivity contribution in [3.63, 3.8) is 0 Å². The molecule has 3 nitrogen and oxygen atoms in total. The van der Waals surface area contributed by atoms with E-state index >= 15 is 0 Å². The number of hydrogen-bond donors (Lipinski definition) is 2. The molecular weight excluding hydrogens is 186 g/mol. The van der Waals surface area contributed by atoms with Crippen molar-refractivity contribution in [2.75, 3.05) is 26.2 Å². The van der Waals surface area contributed by atoms with E-state index in [-0.39, 0.29) is 5.54 Å². The van der Waals surface area contributed by atoms with Gasteiger partial charge in [-0.1, -0.05) is 0 Å². The Bertz CT molecular complexity index is 284. The Morgan fingerprint density at radius 1 is 1.33 bits per heavy atom. The predicted molar refractivity (Wildman–Crippen MR) is 63.0 cm³/mol. The van der Waals surface area contributed by atoms with Gasteiger partial charge in [0.1, 0.15) is 0 Å². The summed E-state index contributed by atoms with van der Waals surface area (Å²) in [6.45, 7) is 9.25. The summed E-state index contributed by atoms with van der Waals surface area (Å²) in [4.78, 5) is 5.70. The zero-order valence-corrected chi connectivity index (χ0v) is 9.71. The number of rotatable bonds is 3. The van der Waals surface area contributed by atoms with Crippen molar-refractivity contribution in [2.24, 2.45) is 0 Å². The van der Waals surface area contributed by atoms with E-state index in [9.17, 15) is 0 Å². The van der Waals surface area contributed by atoms with Crippen LogP contribution in [0.25, 0.3) is 0 Å². The molecule has 0 bridgehead atoms. The van der Waals surface area contributed by atoms with Crippen LogP contribution in [-0.4, -0.2) is 41.6 Å². The first-order valence-electron chi connectivity index (χ1n) is 5.76. The predicted octanol–water partition coefficient (Wildman–Crippen LogP) is 1.24. The number of aromatic nitrogens is 1. The maximum Gasteiger partial charge on any atom is 0.0195 e. The first kappa shape index (κ1) is 10.7. The molecule has 0 atom stereocenters. The molecule has 0 aromatic carbocycles. The average Bonchev–Trinajstić information content (AvgIpc) is 2.71. The van der Waals surface area contributed by atoms with Crippen LogP contribution in [-0.2, 0) is 6.42 Å². The molecule has 15 heavy (non-hydrogen) atoms. The van der Waals surface area contributed by atoms with E-state index in [2.05, 4.69) is 41.3 Å². The minimum absolute atomic E-state index is 0.268. The van der Waals surface area contributed by atoms with Gasteiger partial charge in [-0.05, 0) is 31.9 Å². The number of nitrogens with zero attached hydrogens (tertiary/aromatic N) is 1. The lowest BCUT2D eigenvalue weighted by molar-refractivity contribution is 0.104. The van der Waals surface area contributed by atoms with Crippen molar-refractivity contribution >= 4 is 0 Å². The summed E-state index contributed by atoms with van der Waals surface area (Å²) in [6, 6.07) is 2.17. The molecule has 0 unspecified atom stereocenters. The molecule has 1 aliphatic heterocycles. The van der Waals surface area contributed by atoms with Gasteiger partial charge in [0.25, 0.3) is 0 Å². The fraction of sp³-hybridized carbons (Fsp3) is 0.667. The van der Waals surface area contributed by atoms with Crippen molar-refractivity contribution in [1.29, 1.82) is 0 Å². The van der Waals surface area contributed by atoms with E-state index in [0.29, 0.717) is 0 Å². The van der Waals surface area contributed by atoms with Gasteiger partial charge in [-0.2, -0.15) is 0 Å². The Morgan fingerprint density at radius 2 is 2.07 bits per heavy atom. The van der Waals surface area contributed by atoms with E-state index in [1.807, 2.05) is 6.20 Å². The largest absolute Gasteiger partial charge is 0.367 e. The number of hydrogen-bond acceptors (Lipinski definition) is 2. The molecule has 1 aromatic heterocycles. The zero-order chi connectivity index (χ0) is 10.7. The Morgan fingerprint density at radius 3 is 2.67 bits per heavy atom. The highest BCUT2D eigenvalue weighted by atomic mass is 15.2. The van der Waals surface area contributed by atoms with Gasteiger partial charge in [0.2, 0.25) is 0 Å². The van der Waals surface area contributed by atoms with E-state index < -0.39 is 0 Å². The molecule has 2 rings (SSSR count). The SMILES string of the molecule is CC(C)(Cc1cc[nH]c1)N1CCNCC1. The van der Waals surface area contributed by atoms with Gasteiger partial charge in [0.05, 0.1) is 0 Å². The van der Waals surface area contributed by atoms with Crippen LogP contribution in [0.1, 0.15) is 19.4 Å². The van der Waals surface area contributed by atoms with Crippen LogP contribution >= 0.6 is 0 Å². The summed E-state index contributed by atoms with van der Waals surface area (Å²) >= 11 is 0. The highest BCUT2D eigenvalue weighted by Crippen LogP contribution is 2.20. The van der Waals surface area contributed by atoms with Gasteiger partial charge in [-0.25, -0.2) is 0 Å². The fourth-order valence-corrected chi connectivity index (χ4v) is 2.35.